The van der Waals surface area contributed by atoms with Crippen LogP contribution in [-0.2, 0) is 10.2 Å². The van der Waals surface area contributed by atoms with Crippen molar-refractivity contribution in [3.8, 4) is 16.9 Å². The van der Waals surface area contributed by atoms with Gasteiger partial charge in [-0.3, -0.25) is 4.79 Å². The molecule has 7 saturated carbocycles. The minimum absolute atomic E-state index is 0.00387. The maximum absolute atomic E-state index is 14.6. The zero-order chi connectivity index (χ0) is 29.4. The standard InChI is InChI=1S/C34H36F3N3O3/c35-27-19-34(17-24(27)18-34)30(41)40(25-3-1-2-23(16-25)21-6-8-26(9-7-21)42-31(36)37)20-32-10-13-33(14-11-32,15-12-32)29-38-28(39-43-29)22-4-5-22/h1-3,6-9,16,22,24,27,31H,4-5,10-15,17-20H2. The van der Waals surface area contributed by atoms with Gasteiger partial charge in [-0.1, -0.05) is 29.4 Å². The van der Waals surface area contributed by atoms with E-state index in [9.17, 15) is 18.0 Å². The summed E-state index contributed by atoms with van der Waals surface area (Å²) in [6.45, 7) is -2.28. The zero-order valence-electron chi connectivity index (χ0n) is 24.1. The van der Waals surface area contributed by atoms with E-state index in [1.54, 1.807) is 12.1 Å². The number of nitrogens with zero attached hydrogens (tertiary/aromatic N) is 3. The summed E-state index contributed by atoms with van der Waals surface area (Å²) in [6.07, 6.45) is 8.79. The van der Waals surface area contributed by atoms with Gasteiger partial charge in [0.2, 0.25) is 11.8 Å². The topological polar surface area (TPSA) is 68.5 Å². The van der Waals surface area contributed by atoms with Crippen LogP contribution in [0.1, 0.15) is 88.3 Å². The van der Waals surface area contributed by atoms with Crippen LogP contribution in [0.4, 0.5) is 18.9 Å². The van der Waals surface area contributed by atoms with Crippen LogP contribution in [0.5, 0.6) is 5.75 Å². The number of aromatic nitrogens is 2. The van der Waals surface area contributed by atoms with Gasteiger partial charge >= 0.3 is 6.61 Å². The Bertz CT molecular complexity index is 1500. The van der Waals surface area contributed by atoms with Crippen LogP contribution in [0.15, 0.2) is 53.1 Å². The number of fused-ring (bicyclic) bond motifs is 4. The lowest BCUT2D eigenvalue weighted by atomic mass is 9.53. The second-order valence-corrected chi connectivity index (χ2v) is 14.0. The van der Waals surface area contributed by atoms with E-state index < -0.39 is 18.2 Å². The van der Waals surface area contributed by atoms with Gasteiger partial charge in [-0.25, -0.2) is 4.39 Å². The maximum Gasteiger partial charge on any atom is 0.387 e. The molecule has 6 nitrogen and oxygen atoms in total. The number of halogens is 3. The average Bonchev–Trinajstić information content (AvgIpc) is 3.49. The predicted octanol–water partition coefficient (Wildman–Crippen LogP) is 7.98. The van der Waals surface area contributed by atoms with Crippen molar-refractivity contribution in [2.75, 3.05) is 11.4 Å². The Morgan fingerprint density at radius 1 is 0.977 bits per heavy atom. The van der Waals surface area contributed by atoms with Gasteiger partial charge in [0, 0.05) is 23.6 Å². The van der Waals surface area contributed by atoms with E-state index in [2.05, 4.69) is 9.89 Å². The molecule has 1 atom stereocenters. The van der Waals surface area contributed by atoms with Gasteiger partial charge in [-0.2, -0.15) is 13.8 Å². The summed E-state index contributed by atoms with van der Waals surface area (Å²) >= 11 is 0. The van der Waals surface area contributed by atoms with Crippen LogP contribution >= 0.6 is 0 Å². The monoisotopic (exact) mass is 591 g/mol. The molecule has 10 rings (SSSR count). The average molecular weight is 592 g/mol. The molecule has 4 bridgehead atoms. The first-order valence-electron chi connectivity index (χ1n) is 15.7. The molecule has 226 valence electrons. The number of carbonyl (C=O) groups is 1. The van der Waals surface area contributed by atoms with Crippen molar-refractivity contribution in [3.05, 3.63) is 60.2 Å². The number of rotatable bonds is 9. The fourth-order valence-corrected chi connectivity index (χ4v) is 8.53. The molecular weight excluding hydrogens is 555 g/mol. The highest BCUT2D eigenvalue weighted by Crippen LogP contribution is 2.62. The summed E-state index contributed by atoms with van der Waals surface area (Å²) < 4.78 is 50.3. The molecule has 0 N–H and O–H groups in total. The lowest BCUT2D eigenvalue weighted by Gasteiger charge is -2.54. The lowest BCUT2D eigenvalue weighted by Crippen LogP contribution is -2.54. The molecule has 1 heterocycles. The first-order chi connectivity index (χ1) is 20.8. The molecule has 3 aromatic rings. The van der Waals surface area contributed by atoms with E-state index in [1.165, 1.54) is 12.1 Å². The van der Waals surface area contributed by atoms with Crippen LogP contribution in [0.3, 0.4) is 0 Å². The third-order valence-electron chi connectivity index (χ3n) is 11.4. The molecule has 1 unspecified atom stereocenters. The number of alkyl halides is 3. The van der Waals surface area contributed by atoms with Gasteiger partial charge in [-0.05, 0) is 117 Å². The van der Waals surface area contributed by atoms with Gasteiger partial charge in [0.15, 0.2) is 5.82 Å². The summed E-state index contributed by atoms with van der Waals surface area (Å²) in [5, 5.41) is 4.30. The number of hydrogen-bond acceptors (Lipinski definition) is 5. The Morgan fingerprint density at radius 3 is 2.33 bits per heavy atom. The van der Waals surface area contributed by atoms with Crippen molar-refractivity contribution < 1.29 is 27.2 Å². The predicted molar refractivity (Wildman–Crippen MR) is 154 cm³/mol. The molecule has 43 heavy (non-hydrogen) atoms. The summed E-state index contributed by atoms with van der Waals surface area (Å²) in [5.41, 5.74) is 1.83. The van der Waals surface area contributed by atoms with Crippen LogP contribution in [-0.4, -0.2) is 35.4 Å². The molecule has 7 aliphatic rings. The quantitative estimate of drug-likeness (QED) is 0.252. The van der Waals surface area contributed by atoms with E-state index >= 15 is 0 Å². The largest absolute Gasteiger partial charge is 0.435 e. The molecule has 1 aromatic heterocycles. The van der Waals surface area contributed by atoms with Crippen LogP contribution in [0, 0.1) is 16.7 Å². The lowest BCUT2D eigenvalue weighted by molar-refractivity contribution is -0.132. The minimum atomic E-state index is -2.88. The van der Waals surface area contributed by atoms with Crippen molar-refractivity contribution in [2.45, 2.75) is 94.7 Å². The SMILES string of the molecule is O=C(N(CC12CCC(c3nc(C4CC4)no3)(CC1)CC2)c1cccc(-c2ccc(OC(F)F)cc2)c1)C12CC(F)C(C1)C2. The van der Waals surface area contributed by atoms with E-state index in [-0.39, 0.29) is 28.4 Å². The van der Waals surface area contributed by atoms with Crippen molar-refractivity contribution in [2.24, 2.45) is 16.7 Å². The van der Waals surface area contributed by atoms with E-state index in [0.29, 0.717) is 31.7 Å². The number of hydrogen-bond donors (Lipinski definition) is 0. The maximum atomic E-state index is 14.6. The number of carbonyl (C=O) groups excluding carboxylic acids is 1. The third-order valence-corrected chi connectivity index (χ3v) is 11.4. The smallest absolute Gasteiger partial charge is 0.387 e. The Labute approximate surface area is 249 Å². The minimum Gasteiger partial charge on any atom is -0.435 e. The Kier molecular flexibility index (Phi) is 6.22. The van der Waals surface area contributed by atoms with Crippen LogP contribution in [0.25, 0.3) is 11.1 Å². The van der Waals surface area contributed by atoms with Gasteiger partial charge in [0.05, 0.1) is 5.41 Å². The van der Waals surface area contributed by atoms with Gasteiger partial charge in [0.25, 0.3) is 0 Å². The molecule has 9 heteroatoms. The molecule has 2 aromatic carbocycles. The number of anilines is 1. The second kappa shape index (κ2) is 9.83. The molecule has 0 radical (unpaired) electrons. The fraction of sp³-hybridized carbons (Fsp3) is 0.559. The van der Waals surface area contributed by atoms with Gasteiger partial charge in [-0.15, -0.1) is 0 Å². The highest BCUT2D eigenvalue weighted by Gasteiger charge is 2.62. The number of amides is 1. The molecule has 7 aliphatic carbocycles. The van der Waals surface area contributed by atoms with Gasteiger partial charge in [0.1, 0.15) is 11.9 Å². The molecule has 0 spiro atoms. The highest BCUT2D eigenvalue weighted by molar-refractivity contribution is 5.99. The number of ether oxygens (including phenoxy) is 1. The van der Waals surface area contributed by atoms with E-state index in [1.807, 2.05) is 29.2 Å². The third kappa shape index (κ3) is 4.65. The van der Waals surface area contributed by atoms with Gasteiger partial charge < -0.3 is 14.2 Å². The van der Waals surface area contributed by atoms with Crippen molar-refractivity contribution in [1.29, 1.82) is 0 Å². The summed E-state index contributed by atoms with van der Waals surface area (Å²) in [5.74, 6) is 2.27. The molecular formula is C34H36F3N3O3. The Balaban J connectivity index is 1.06. The molecule has 0 saturated heterocycles. The van der Waals surface area contributed by atoms with Crippen molar-refractivity contribution in [1.82, 2.24) is 10.1 Å². The Hall–Kier alpha value is -3.36. The Morgan fingerprint density at radius 2 is 1.70 bits per heavy atom. The van der Waals surface area contributed by atoms with Crippen molar-refractivity contribution >= 4 is 11.6 Å². The van der Waals surface area contributed by atoms with E-state index in [0.717, 1.165) is 79.9 Å². The first kappa shape index (κ1) is 27.2. The summed E-state index contributed by atoms with van der Waals surface area (Å²) in [4.78, 5) is 21.2. The summed E-state index contributed by atoms with van der Waals surface area (Å²) in [6, 6.07) is 14.4. The second-order valence-electron chi connectivity index (χ2n) is 14.0. The van der Waals surface area contributed by atoms with E-state index in [4.69, 9.17) is 9.51 Å². The zero-order valence-corrected chi connectivity index (χ0v) is 24.1. The molecule has 7 fully saturated rings. The van der Waals surface area contributed by atoms with Crippen LogP contribution in [0.2, 0.25) is 0 Å². The summed E-state index contributed by atoms with van der Waals surface area (Å²) in [7, 11) is 0. The van der Waals surface area contributed by atoms with Crippen LogP contribution < -0.4 is 9.64 Å². The highest BCUT2D eigenvalue weighted by atomic mass is 19.3. The van der Waals surface area contributed by atoms with Crippen molar-refractivity contribution in [3.63, 3.8) is 0 Å². The molecule has 0 aliphatic heterocycles. The fourth-order valence-electron chi connectivity index (χ4n) is 8.53. The normalized spacial score (nSPS) is 32.6. The number of benzene rings is 2. The molecule has 1 amide bonds. The first-order valence-corrected chi connectivity index (χ1v) is 15.7.